The van der Waals surface area contributed by atoms with Gasteiger partial charge >= 0.3 is 697 Å². The van der Waals surface area contributed by atoms with Crippen LogP contribution >= 0.6 is 0 Å². The summed E-state index contributed by atoms with van der Waals surface area (Å²) in [4.78, 5) is 0. The van der Waals surface area contributed by atoms with Crippen LogP contribution in [-0.2, 0) is 329 Å². The van der Waals surface area contributed by atoms with Crippen molar-refractivity contribution >= 4 is 0 Å². The van der Waals surface area contributed by atoms with Crippen molar-refractivity contribution < 1.29 is 697 Å². The zero-order valence-corrected chi connectivity index (χ0v) is 69.9. The predicted octanol–water partition coefficient (Wildman–Crippen LogP) is -52.5. The van der Waals surface area contributed by atoms with Gasteiger partial charge in [0.1, 0.15) is 0 Å². The maximum atomic E-state index is 8.58. The third-order valence-corrected chi connectivity index (χ3v) is 0. The van der Waals surface area contributed by atoms with Crippen molar-refractivity contribution in [1.82, 2.24) is 0 Å². The van der Waals surface area contributed by atoms with Gasteiger partial charge in [0.25, 0.3) is 0 Å². The monoisotopic (exact) mass is 1630 g/mol. The number of rotatable bonds is 0. The van der Waals surface area contributed by atoms with E-state index < -0.39 is 279 Å². The first-order valence-corrected chi connectivity index (χ1v) is 37.9. The summed E-state index contributed by atoms with van der Waals surface area (Å²) in [6, 6.07) is 0. The third kappa shape index (κ3) is 2140. The Hall–Kier alpha value is 14.7. The van der Waals surface area contributed by atoms with Crippen molar-refractivity contribution in [3.63, 3.8) is 0 Å². The van der Waals surface area contributed by atoms with Gasteiger partial charge in [0.05, 0.1) is 0 Å². The van der Waals surface area contributed by atoms with E-state index in [1.807, 2.05) is 0 Å². The van der Waals surface area contributed by atoms with Gasteiger partial charge in [-0.15, -0.1) is 0 Å². The topological polar surface area (TPSA) is 948 Å². The van der Waals surface area contributed by atoms with Crippen LogP contribution in [0.1, 0.15) is 0 Å². The molecule has 45 nitrogen and oxygen atoms in total. The molecule has 65 heavy (non-hydrogen) atoms. The van der Waals surface area contributed by atoms with Gasteiger partial charge in [-0.2, -0.15) is 0 Å². The first-order chi connectivity index (χ1) is 26.0. The van der Waals surface area contributed by atoms with Crippen molar-refractivity contribution in [2.45, 2.75) is 0 Å². The van der Waals surface area contributed by atoms with Crippen molar-refractivity contribution in [2.24, 2.45) is 0 Å². The molecular formula is K5O45Ti15-25. The quantitative estimate of drug-likeness (QED) is 0.203. The second kappa shape index (κ2) is 133. The Morgan fingerprint density at radius 2 is 0.108 bits per heavy atom. The molecule has 0 aliphatic heterocycles. The van der Waals surface area contributed by atoms with Crippen LogP contribution in [0.2, 0.25) is 0 Å². The molecule has 0 fully saturated rings. The standard InChI is InChI=1S/5K.45O.15Ti/q5*+1;;;;;;;;;;;;;;;;30*-1;;;;;;;;;;;;;;;. The van der Waals surface area contributed by atoms with Gasteiger partial charge in [-0.3, -0.25) is 0 Å². The molecule has 0 aliphatic rings. The number of hydrogen-bond donors (Lipinski definition) is 0. The van der Waals surface area contributed by atoms with Gasteiger partial charge in [-0.05, 0) is 0 Å². The van der Waals surface area contributed by atoms with Crippen molar-refractivity contribution in [3.8, 4) is 0 Å². The van der Waals surface area contributed by atoms with Crippen LogP contribution in [-0.4, -0.2) is 0 Å². The van der Waals surface area contributed by atoms with Crippen LogP contribution in [0.25, 0.3) is 0 Å². The summed E-state index contributed by atoms with van der Waals surface area (Å²) in [6.45, 7) is 0. The van der Waals surface area contributed by atoms with Crippen LogP contribution in [0.3, 0.4) is 0 Å². The predicted molar refractivity (Wildman–Crippen MR) is 10.3 cm³/mol. The summed E-state index contributed by atoms with van der Waals surface area (Å²) >= 11 is -61.3. The fraction of sp³-hybridized carbons (Fsp3) is 0. The van der Waals surface area contributed by atoms with Gasteiger partial charge in [-0.25, -0.2) is 0 Å². The molecule has 0 bridgehead atoms. The van der Waals surface area contributed by atoms with Crippen molar-refractivity contribution in [3.05, 3.63) is 0 Å². The second-order valence-electron chi connectivity index (χ2n) is 3.75. The molecule has 0 aromatic heterocycles. The van der Waals surface area contributed by atoms with Crippen molar-refractivity contribution in [2.75, 3.05) is 0 Å². The Kier molecular flexibility index (Phi) is 284. The average molecular weight is 1630 g/mol. The van der Waals surface area contributed by atoms with Crippen LogP contribution in [0.4, 0.5) is 0 Å². The van der Waals surface area contributed by atoms with Gasteiger partial charge in [0.2, 0.25) is 0 Å². The Morgan fingerprint density at radius 1 is 0.108 bits per heavy atom. The van der Waals surface area contributed by atoms with E-state index in [4.69, 9.17) is 161 Å². The summed E-state index contributed by atoms with van der Waals surface area (Å²) in [6.07, 6.45) is 0. The van der Waals surface area contributed by atoms with E-state index in [1.54, 1.807) is 0 Å². The zero-order chi connectivity index (χ0) is 53.7. The van der Waals surface area contributed by atoms with Crippen molar-refractivity contribution in [1.29, 1.82) is 0 Å². The molecule has 0 aromatic carbocycles. The molecule has 0 spiro atoms. The van der Waals surface area contributed by atoms with Crippen LogP contribution in [0.15, 0.2) is 0 Å². The van der Waals surface area contributed by atoms with Crippen LogP contribution in [0, 0.1) is 0 Å². The van der Waals surface area contributed by atoms with Gasteiger partial charge in [-0.1, -0.05) is 0 Å². The maximum absolute atomic E-state index is 8.58. The summed E-state index contributed by atoms with van der Waals surface area (Å²) in [5, 5.41) is 0. The van der Waals surface area contributed by atoms with E-state index in [0.717, 1.165) is 0 Å². The van der Waals surface area contributed by atoms with Crippen LogP contribution < -0.4 is 368 Å². The third-order valence-electron chi connectivity index (χ3n) is 0. The fourth-order valence-corrected chi connectivity index (χ4v) is 0. The Bertz CT molecular complexity index is 771. The molecule has 0 saturated carbocycles. The molecular weight excluding hydrogens is 1630 g/mol. The average Bonchev–Trinajstić information content (AvgIpc) is 2.78. The van der Waals surface area contributed by atoms with E-state index in [2.05, 4.69) is 0 Å². The Morgan fingerprint density at radius 3 is 0.108 bits per heavy atom. The zero-order valence-electron chi connectivity index (χ0n) is 30.9. The molecule has 0 radical (unpaired) electrons. The Labute approximate surface area is 675 Å². The summed E-state index contributed by atoms with van der Waals surface area (Å²) in [5.74, 6) is 0. The Balaban J connectivity index is -0.0000000184. The molecule has 0 amide bonds. The summed E-state index contributed by atoms with van der Waals surface area (Å²) < 4.78 is 386. The minimum atomic E-state index is -4.08. The SMILES string of the molecule is [K+].[K+].[K+].[K+].[K+].[O]=[Ti]([O-])[O-].[O]=[Ti]([O-])[O-].[O]=[Ti]([O-])[O-].[O]=[Ti]([O-])[O-].[O]=[Ti]([O-])[O-].[O]=[Ti]([O-])[O-].[O]=[Ti]([O-])[O-].[O]=[Ti]([O-])[O-].[O]=[Ti]([O-])[O-].[O]=[Ti]([O-])[O-].[O]=[Ti]([O-])[O-].[O]=[Ti]([O-])[O-].[O]=[Ti]([O-])[O-].[O]=[Ti]([O-])[O-].[O]=[Ti]([O-])[O-]. The van der Waals surface area contributed by atoms with Gasteiger partial charge in [0, 0.05) is 0 Å². The molecule has 0 rings (SSSR count). The summed E-state index contributed by atoms with van der Waals surface area (Å²) in [5.41, 5.74) is 0. The van der Waals surface area contributed by atoms with E-state index in [1.165, 1.54) is 0 Å². The molecule has 65 heteroatoms. The first kappa shape index (κ1) is 139. The van der Waals surface area contributed by atoms with E-state index in [-0.39, 0.29) is 257 Å². The molecule has 360 valence electrons. The molecule has 0 heterocycles. The molecule has 0 aliphatic carbocycles. The molecule has 0 saturated heterocycles. The summed E-state index contributed by atoms with van der Waals surface area (Å²) in [7, 11) is 0. The van der Waals surface area contributed by atoms with Gasteiger partial charge in [0.15, 0.2) is 0 Å². The normalized spacial score (nSPS) is 6.00. The minimum absolute atomic E-state index is 0. The molecule has 0 aromatic rings. The van der Waals surface area contributed by atoms with E-state index >= 15 is 0 Å². The number of hydrogen-bond acceptors (Lipinski definition) is 45. The van der Waals surface area contributed by atoms with Crippen LogP contribution in [0.5, 0.6) is 0 Å². The van der Waals surface area contributed by atoms with E-state index in [9.17, 15) is 0 Å². The van der Waals surface area contributed by atoms with E-state index in [0.29, 0.717) is 0 Å². The second-order valence-corrected chi connectivity index (χ2v) is 15.5. The molecule has 0 N–H and O–H groups in total. The molecule has 0 unspecified atom stereocenters. The molecule has 0 atom stereocenters. The first-order valence-electron chi connectivity index (χ1n) is 9.19. The fourth-order valence-electron chi connectivity index (χ4n) is 0. The van der Waals surface area contributed by atoms with Gasteiger partial charge < -0.3 is 0 Å².